The van der Waals surface area contributed by atoms with Crippen LogP contribution in [0.3, 0.4) is 0 Å². The molecule has 10 nitrogen and oxygen atoms in total. The number of esters is 2. The lowest BCUT2D eigenvalue weighted by Gasteiger charge is -2.34. The highest BCUT2D eigenvalue weighted by Gasteiger charge is 2.43. The van der Waals surface area contributed by atoms with Crippen molar-refractivity contribution in [3.8, 4) is 11.5 Å². The molecule has 0 spiro atoms. The molecule has 1 saturated carbocycles. The zero-order valence-corrected chi connectivity index (χ0v) is 28.5. The maximum absolute atomic E-state index is 16.0. The van der Waals surface area contributed by atoms with Crippen molar-refractivity contribution in [2.45, 2.75) is 106 Å². The normalized spacial score (nSPS) is 15.4. The van der Waals surface area contributed by atoms with Crippen molar-refractivity contribution < 1.29 is 47.3 Å². The number of carbonyl (C=O) groups is 2. The Balaban J connectivity index is 1.98. The second-order valence-corrected chi connectivity index (χ2v) is 14.6. The Hall–Kier alpha value is -3.01. The number of aromatic nitrogens is 1. The van der Waals surface area contributed by atoms with E-state index in [1.54, 1.807) is 67.5 Å². The number of hydrogen-bond donors (Lipinski definition) is 2. The van der Waals surface area contributed by atoms with E-state index in [4.69, 9.17) is 23.7 Å². The van der Waals surface area contributed by atoms with Crippen molar-refractivity contribution in [1.82, 2.24) is 4.98 Å². The lowest BCUT2D eigenvalue weighted by molar-refractivity contribution is -0.207. The molecule has 1 fully saturated rings. The van der Waals surface area contributed by atoms with Crippen molar-refractivity contribution in [3.05, 3.63) is 52.1 Å². The Morgan fingerprint density at radius 1 is 0.978 bits per heavy atom. The third-order valence-electron chi connectivity index (χ3n) is 7.77. The minimum atomic E-state index is -3.78. The van der Waals surface area contributed by atoms with E-state index in [1.165, 1.54) is 12.5 Å². The fourth-order valence-electron chi connectivity index (χ4n) is 5.10. The van der Waals surface area contributed by atoms with Crippen LogP contribution in [0.5, 0.6) is 11.5 Å². The van der Waals surface area contributed by atoms with Crippen molar-refractivity contribution in [2.75, 3.05) is 13.2 Å². The first-order valence-electron chi connectivity index (χ1n) is 15.3. The predicted octanol–water partition coefficient (Wildman–Crippen LogP) is 6.83. The quantitative estimate of drug-likeness (QED) is 0.151. The van der Waals surface area contributed by atoms with Crippen LogP contribution in [0.4, 0.5) is 4.39 Å². The van der Waals surface area contributed by atoms with Crippen molar-refractivity contribution in [3.63, 3.8) is 0 Å². The number of pyridine rings is 1. The van der Waals surface area contributed by atoms with Gasteiger partial charge in [-0.05, 0) is 103 Å². The SMILES string of the molecule is Cc1cc(OC(COC(=O)C(C)(C)C)(COC(=O)C(C)(C)C)O[PH](=O)O)c(F)c(C)c1Cc1ccc(O)c(C2CCCCC2)n1. The lowest BCUT2D eigenvalue weighted by atomic mass is 9.86. The van der Waals surface area contributed by atoms with Gasteiger partial charge in [-0.25, -0.2) is 4.39 Å². The zero-order valence-electron chi connectivity index (χ0n) is 27.5. The molecule has 2 N–H and O–H groups in total. The Morgan fingerprint density at radius 2 is 1.53 bits per heavy atom. The van der Waals surface area contributed by atoms with Crippen molar-refractivity contribution in [1.29, 1.82) is 0 Å². The highest BCUT2D eigenvalue weighted by Crippen LogP contribution is 2.38. The number of nitrogens with zero attached hydrogens (tertiary/aromatic N) is 1. The van der Waals surface area contributed by atoms with Crippen LogP contribution in [0, 0.1) is 30.5 Å². The molecule has 2 aromatic rings. The van der Waals surface area contributed by atoms with Crippen LogP contribution in [0.2, 0.25) is 0 Å². The molecule has 1 aliphatic rings. The van der Waals surface area contributed by atoms with E-state index >= 15 is 4.39 Å². The summed E-state index contributed by atoms with van der Waals surface area (Å²) in [6.07, 6.45) is 5.55. The molecule has 0 bridgehead atoms. The molecule has 1 heterocycles. The fraction of sp³-hybridized carbons (Fsp3) is 0.606. The standard InChI is InChI=1S/C33H47FNO9P/c1-20-16-26(27(34)21(2)24(20)17-23-14-15-25(36)28(35-23)22-12-10-9-11-13-22)43-33(44-45(39)40,18-41-29(37)31(3,4)5)19-42-30(38)32(6,7)8/h14-16,22,36,45H,9-13,17-19H2,1-8H3,(H,39,40). The van der Waals surface area contributed by atoms with E-state index < -0.39 is 55.8 Å². The number of halogens is 1. The molecule has 3 rings (SSSR count). The Labute approximate surface area is 265 Å². The van der Waals surface area contributed by atoms with Crippen LogP contribution in [0.25, 0.3) is 0 Å². The van der Waals surface area contributed by atoms with Crippen molar-refractivity contribution >= 4 is 20.2 Å². The Bertz CT molecular complexity index is 1380. The summed E-state index contributed by atoms with van der Waals surface area (Å²) in [4.78, 5) is 39.8. The first kappa shape index (κ1) is 36.5. The summed E-state index contributed by atoms with van der Waals surface area (Å²) in [5.41, 5.74) is 0.957. The molecule has 45 heavy (non-hydrogen) atoms. The van der Waals surface area contributed by atoms with Crippen molar-refractivity contribution in [2.24, 2.45) is 10.8 Å². The van der Waals surface area contributed by atoms with E-state index in [2.05, 4.69) is 0 Å². The third kappa shape index (κ3) is 9.74. The van der Waals surface area contributed by atoms with E-state index in [-0.39, 0.29) is 29.4 Å². The summed E-state index contributed by atoms with van der Waals surface area (Å²) >= 11 is 0. The largest absolute Gasteiger partial charge is 0.506 e. The van der Waals surface area contributed by atoms with Gasteiger partial charge in [-0.3, -0.25) is 23.7 Å². The molecule has 1 atom stereocenters. The molecule has 0 saturated heterocycles. The number of aromatic hydroxyl groups is 1. The average molecular weight is 652 g/mol. The van der Waals surface area contributed by atoms with Gasteiger partial charge >= 0.3 is 20.2 Å². The van der Waals surface area contributed by atoms with Gasteiger partial charge in [0.25, 0.3) is 5.79 Å². The number of benzene rings is 1. The molecule has 1 unspecified atom stereocenters. The van der Waals surface area contributed by atoms with Crippen LogP contribution in [0.15, 0.2) is 18.2 Å². The molecule has 12 heteroatoms. The highest BCUT2D eigenvalue weighted by atomic mass is 31.1. The molecule has 0 amide bonds. The third-order valence-corrected chi connectivity index (χ3v) is 8.32. The number of carbonyl (C=O) groups excluding carboxylic acids is 2. The highest BCUT2D eigenvalue weighted by molar-refractivity contribution is 7.32. The summed E-state index contributed by atoms with van der Waals surface area (Å²) < 4.78 is 49.9. The van der Waals surface area contributed by atoms with Crippen LogP contribution < -0.4 is 4.74 Å². The molecular formula is C33H47FNO9P. The van der Waals surface area contributed by atoms with Gasteiger partial charge in [-0.2, -0.15) is 0 Å². The number of hydrogen-bond acceptors (Lipinski definition) is 9. The Morgan fingerprint density at radius 3 is 2.04 bits per heavy atom. The molecule has 1 aromatic heterocycles. The minimum absolute atomic E-state index is 0.160. The summed E-state index contributed by atoms with van der Waals surface area (Å²) in [6, 6.07) is 4.75. The summed E-state index contributed by atoms with van der Waals surface area (Å²) in [5, 5.41) is 10.5. The second-order valence-electron chi connectivity index (χ2n) is 13.9. The maximum atomic E-state index is 16.0. The zero-order chi connectivity index (χ0) is 33.7. The van der Waals surface area contributed by atoms with Gasteiger partial charge in [0.2, 0.25) is 0 Å². The van der Waals surface area contributed by atoms with Crippen LogP contribution in [0.1, 0.15) is 108 Å². The summed E-state index contributed by atoms with van der Waals surface area (Å²) in [5.74, 6) is -4.49. The molecule has 0 aliphatic heterocycles. The lowest BCUT2D eigenvalue weighted by Crippen LogP contribution is -2.49. The predicted molar refractivity (Wildman–Crippen MR) is 167 cm³/mol. The maximum Gasteiger partial charge on any atom is 0.320 e. The van der Waals surface area contributed by atoms with Gasteiger partial charge in [-0.1, -0.05) is 19.3 Å². The van der Waals surface area contributed by atoms with E-state index in [9.17, 15) is 24.2 Å². The number of rotatable bonds is 11. The number of aryl methyl sites for hydroxylation is 1. The van der Waals surface area contributed by atoms with Gasteiger partial charge in [0.1, 0.15) is 5.75 Å². The van der Waals surface area contributed by atoms with E-state index in [0.717, 1.165) is 25.7 Å². The first-order valence-corrected chi connectivity index (χ1v) is 16.5. The smallest absolute Gasteiger partial charge is 0.320 e. The molecule has 250 valence electrons. The van der Waals surface area contributed by atoms with Crippen LogP contribution in [-0.4, -0.2) is 45.9 Å². The minimum Gasteiger partial charge on any atom is -0.506 e. The fourth-order valence-corrected chi connectivity index (χ4v) is 5.57. The van der Waals surface area contributed by atoms with Gasteiger partial charge in [0.05, 0.1) is 16.5 Å². The average Bonchev–Trinajstić information content (AvgIpc) is 2.95. The Kier molecular flexibility index (Phi) is 11.8. The second kappa shape index (κ2) is 14.6. The van der Waals surface area contributed by atoms with Gasteiger partial charge in [0.15, 0.2) is 24.8 Å². The van der Waals surface area contributed by atoms with Crippen LogP contribution in [-0.2, 0) is 34.6 Å². The van der Waals surface area contributed by atoms with Gasteiger partial charge < -0.3 is 24.2 Å². The monoisotopic (exact) mass is 651 g/mol. The molecule has 1 aromatic carbocycles. The molecule has 1 aliphatic carbocycles. The molecule has 0 radical (unpaired) electrons. The van der Waals surface area contributed by atoms with Gasteiger partial charge in [-0.15, -0.1) is 0 Å². The van der Waals surface area contributed by atoms with Crippen LogP contribution >= 0.6 is 8.25 Å². The van der Waals surface area contributed by atoms with E-state index in [1.807, 2.05) is 0 Å². The van der Waals surface area contributed by atoms with Gasteiger partial charge in [0, 0.05) is 18.0 Å². The molecular weight excluding hydrogens is 604 g/mol. The topological polar surface area (TPSA) is 141 Å². The summed E-state index contributed by atoms with van der Waals surface area (Å²) in [7, 11) is -3.78. The van der Waals surface area contributed by atoms with E-state index in [0.29, 0.717) is 22.5 Å². The first-order chi connectivity index (χ1) is 20.8. The number of ether oxygens (including phenoxy) is 3. The summed E-state index contributed by atoms with van der Waals surface area (Å²) in [6.45, 7) is 11.5.